The molecule has 0 spiro atoms. The molecule has 0 atom stereocenters. The van der Waals surface area contributed by atoms with E-state index in [2.05, 4.69) is 57.3 Å². The van der Waals surface area contributed by atoms with Crippen molar-refractivity contribution in [3.05, 3.63) is 53.8 Å². The maximum Gasteiger partial charge on any atom is -0.00215 e. The first-order valence-corrected chi connectivity index (χ1v) is 4.98. The summed E-state index contributed by atoms with van der Waals surface area (Å²) in [5, 5.41) is 0. The van der Waals surface area contributed by atoms with Crippen molar-refractivity contribution in [2.45, 2.75) is 32.6 Å². The normalized spacial score (nSPS) is 10.8. The van der Waals surface area contributed by atoms with Gasteiger partial charge in [0.05, 0.1) is 0 Å². The van der Waals surface area contributed by atoms with Gasteiger partial charge in [-0.1, -0.05) is 51.6 Å². The van der Waals surface area contributed by atoms with Gasteiger partial charge in [-0.3, -0.25) is 0 Å². The predicted octanol–water partition coefficient (Wildman–Crippen LogP) is 3.87. The van der Waals surface area contributed by atoms with Crippen LogP contribution in [0.1, 0.15) is 31.9 Å². The molecule has 0 bridgehead atoms. The van der Waals surface area contributed by atoms with Crippen molar-refractivity contribution in [2.75, 3.05) is 0 Å². The summed E-state index contributed by atoms with van der Waals surface area (Å²) >= 11 is 0. The Labute approximate surface area is 87.0 Å². The highest BCUT2D eigenvalue weighted by Gasteiger charge is 2.12. The van der Waals surface area contributed by atoms with Gasteiger partial charge in [-0.15, -0.1) is 5.73 Å². The molecule has 0 heteroatoms. The second-order valence-corrected chi connectivity index (χ2v) is 4.56. The van der Waals surface area contributed by atoms with Crippen LogP contribution in [0.25, 0.3) is 0 Å². The van der Waals surface area contributed by atoms with Crippen molar-refractivity contribution in [3.8, 4) is 0 Å². The van der Waals surface area contributed by atoms with Crippen molar-refractivity contribution in [3.63, 3.8) is 0 Å². The van der Waals surface area contributed by atoms with E-state index in [9.17, 15) is 0 Å². The third-order valence-corrected chi connectivity index (χ3v) is 2.30. The van der Waals surface area contributed by atoms with Gasteiger partial charge in [-0.05, 0) is 29.0 Å². The lowest BCUT2D eigenvalue weighted by Crippen LogP contribution is -2.10. The van der Waals surface area contributed by atoms with Crippen molar-refractivity contribution in [1.29, 1.82) is 0 Å². The van der Waals surface area contributed by atoms with E-state index in [-0.39, 0.29) is 5.41 Å². The summed E-state index contributed by atoms with van der Waals surface area (Å²) in [7, 11) is 0. The van der Waals surface area contributed by atoms with Crippen LogP contribution in [0, 0.1) is 0 Å². The van der Waals surface area contributed by atoms with E-state index in [4.69, 9.17) is 0 Å². The van der Waals surface area contributed by atoms with E-state index in [0.29, 0.717) is 0 Å². The Morgan fingerprint density at radius 3 is 2.21 bits per heavy atom. The molecule has 0 N–H and O–H groups in total. The third-order valence-electron chi connectivity index (χ3n) is 2.30. The molecule has 0 heterocycles. The van der Waals surface area contributed by atoms with E-state index in [1.54, 1.807) is 0 Å². The van der Waals surface area contributed by atoms with Crippen molar-refractivity contribution >= 4 is 0 Å². The van der Waals surface area contributed by atoms with Gasteiger partial charge >= 0.3 is 0 Å². The number of allylic oxidation sites excluding steroid dienone is 1. The highest BCUT2D eigenvalue weighted by Crippen LogP contribution is 2.22. The molecule has 1 rings (SSSR count). The summed E-state index contributed by atoms with van der Waals surface area (Å²) < 4.78 is 0. The molecule has 1 aromatic rings. The molecule has 0 saturated heterocycles. The number of rotatable bonds is 2. The van der Waals surface area contributed by atoms with Crippen LogP contribution in [-0.4, -0.2) is 0 Å². The van der Waals surface area contributed by atoms with Crippen LogP contribution in [0.3, 0.4) is 0 Å². The Bertz CT molecular complexity index is 329. The largest absolute Gasteiger partial charge is 0.133 e. The molecule has 14 heavy (non-hydrogen) atoms. The van der Waals surface area contributed by atoms with E-state index >= 15 is 0 Å². The fourth-order valence-electron chi connectivity index (χ4n) is 1.33. The lowest BCUT2D eigenvalue weighted by Gasteiger charge is -2.18. The number of benzene rings is 1. The highest BCUT2D eigenvalue weighted by molar-refractivity contribution is 5.28. The maximum atomic E-state index is 3.55. The van der Waals surface area contributed by atoms with Gasteiger partial charge < -0.3 is 0 Å². The fourth-order valence-corrected chi connectivity index (χ4v) is 1.33. The summed E-state index contributed by atoms with van der Waals surface area (Å²) in [6.07, 6.45) is 2.88. The zero-order chi connectivity index (χ0) is 10.6. The van der Waals surface area contributed by atoms with Gasteiger partial charge in [-0.2, -0.15) is 0 Å². The molecule has 74 valence electrons. The molecular weight excluding hydrogens is 168 g/mol. The van der Waals surface area contributed by atoms with Crippen LogP contribution >= 0.6 is 0 Å². The Kier molecular flexibility index (Phi) is 3.33. The monoisotopic (exact) mass is 186 g/mol. The lowest BCUT2D eigenvalue weighted by molar-refractivity contribution is 0.590. The molecule has 0 radical (unpaired) electrons. The first-order chi connectivity index (χ1) is 6.54. The maximum absolute atomic E-state index is 3.55. The van der Waals surface area contributed by atoms with Crippen LogP contribution in [0.4, 0.5) is 0 Å². The van der Waals surface area contributed by atoms with E-state index in [1.807, 2.05) is 6.08 Å². The van der Waals surface area contributed by atoms with E-state index in [1.165, 1.54) is 11.1 Å². The van der Waals surface area contributed by atoms with Crippen LogP contribution in [0.15, 0.2) is 42.7 Å². The average molecular weight is 186 g/mol. The molecule has 0 nitrogen and oxygen atoms in total. The topological polar surface area (TPSA) is 0 Å². The summed E-state index contributed by atoms with van der Waals surface area (Å²) in [5.74, 6) is 0. The van der Waals surface area contributed by atoms with Crippen molar-refractivity contribution in [1.82, 2.24) is 0 Å². The summed E-state index contributed by atoms with van der Waals surface area (Å²) in [6.45, 7) is 10.2. The van der Waals surface area contributed by atoms with Crippen molar-refractivity contribution < 1.29 is 0 Å². The Hall–Kier alpha value is -1.26. The quantitative estimate of drug-likeness (QED) is 0.615. The molecule has 1 aromatic carbocycles. The molecule has 0 unspecified atom stereocenters. The summed E-state index contributed by atoms with van der Waals surface area (Å²) in [4.78, 5) is 0. The van der Waals surface area contributed by atoms with Gasteiger partial charge in [0.25, 0.3) is 0 Å². The average Bonchev–Trinajstić information content (AvgIpc) is 2.14. The SMILES string of the molecule is C=C=CCc1ccc(C(C)(C)C)cc1. The molecule has 0 aliphatic rings. The Morgan fingerprint density at radius 1 is 1.21 bits per heavy atom. The summed E-state index contributed by atoms with van der Waals surface area (Å²) in [5.41, 5.74) is 5.72. The standard InChI is InChI=1S/C14H18/c1-5-6-7-12-8-10-13(11-9-12)14(2,3)4/h6,8-11H,1,7H2,2-4H3. The minimum absolute atomic E-state index is 0.243. The van der Waals surface area contributed by atoms with Gasteiger partial charge in [0.2, 0.25) is 0 Å². The number of hydrogen-bond donors (Lipinski definition) is 0. The smallest absolute Gasteiger partial charge is 0.00215 e. The first-order valence-electron chi connectivity index (χ1n) is 4.98. The van der Waals surface area contributed by atoms with E-state index in [0.717, 1.165) is 6.42 Å². The van der Waals surface area contributed by atoms with Crippen LogP contribution in [0.5, 0.6) is 0 Å². The summed E-state index contributed by atoms with van der Waals surface area (Å²) in [6, 6.07) is 8.75. The minimum atomic E-state index is 0.243. The second kappa shape index (κ2) is 4.30. The van der Waals surface area contributed by atoms with Crippen molar-refractivity contribution in [2.24, 2.45) is 0 Å². The van der Waals surface area contributed by atoms with E-state index < -0.39 is 0 Å². The lowest BCUT2D eigenvalue weighted by atomic mass is 9.86. The molecule has 0 aliphatic carbocycles. The minimum Gasteiger partial charge on any atom is -0.133 e. The van der Waals surface area contributed by atoms with Gasteiger partial charge in [-0.25, -0.2) is 0 Å². The fraction of sp³-hybridized carbons (Fsp3) is 0.357. The van der Waals surface area contributed by atoms with Crippen LogP contribution in [-0.2, 0) is 11.8 Å². The van der Waals surface area contributed by atoms with Gasteiger partial charge in [0, 0.05) is 0 Å². The van der Waals surface area contributed by atoms with Gasteiger partial charge in [0.1, 0.15) is 0 Å². The molecule has 0 aromatic heterocycles. The molecular formula is C14H18. The third kappa shape index (κ3) is 2.90. The van der Waals surface area contributed by atoms with Crippen LogP contribution in [0.2, 0.25) is 0 Å². The zero-order valence-electron chi connectivity index (χ0n) is 9.30. The Balaban J connectivity index is 2.83. The highest BCUT2D eigenvalue weighted by atomic mass is 14.2. The van der Waals surface area contributed by atoms with Crippen LogP contribution < -0.4 is 0 Å². The molecule has 0 amide bonds. The van der Waals surface area contributed by atoms with Gasteiger partial charge in [0.15, 0.2) is 0 Å². The molecule has 0 saturated carbocycles. The predicted molar refractivity (Wildman–Crippen MR) is 62.6 cm³/mol. The first kappa shape index (κ1) is 10.8. The number of hydrogen-bond acceptors (Lipinski definition) is 0. The Morgan fingerprint density at radius 2 is 1.79 bits per heavy atom. The molecule has 0 aliphatic heterocycles. The zero-order valence-corrected chi connectivity index (χ0v) is 9.30. The second-order valence-electron chi connectivity index (χ2n) is 4.56. The molecule has 0 fully saturated rings.